The number of aromatic nitrogens is 1. The van der Waals surface area contributed by atoms with E-state index in [0.29, 0.717) is 6.04 Å². The van der Waals surface area contributed by atoms with Gasteiger partial charge >= 0.3 is 0 Å². The van der Waals surface area contributed by atoms with E-state index in [0.717, 1.165) is 25.1 Å². The molecule has 3 heteroatoms. The van der Waals surface area contributed by atoms with Crippen molar-refractivity contribution in [3.8, 4) is 5.75 Å². The summed E-state index contributed by atoms with van der Waals surface area (Å²) in [5.74, 6) is 1.08. The second kappa shape index (κ2) is 6.32. The Hall–Kier alpha value is -1.87. The zero-order valence-electron chi connectivity index (χ0n) is 14.5. The van der Waals surface area contributed by atoms with Gasteiger partial charge in [0.15, 0.2) is 0 Å². The highest BCUT2D eigenvalue weighted by molar-refractivity contribution is 5.48. The average molecular weight is 310 g/mol. The first-order valence-electron chi connectivity index (χ1n) is 8.44. The van der Waals surface area contributed by atoms with Gasteiger partial charge in [-0.25, -0.2) is 0 Å². The molecule has 1 aliphatic rings. The highest BCUT2D eigenvalue weighted by atomic mass is 16.5. The van der Waals surface area contributed by atoms with Gasteiger partial charge in [-0.3, -0.25) is 4.98 Å². The third kappa shape index (κ3) is 3.25. The quantitative estimate of drug-likeness (QED) is 0.904. The number of fused-ring (bicyclic) bond motifs is 1. The number of rotatable bonds is 4. The lowest BCUT2D eigenvalue weighted by Crippen LogP contribution is -2.41. The van der Waals surface area contributed by atoms with Crippen LogP contribution in [0.1, 0.15) is 55.0 Å². The lowest BCUT2D eigenvalue weighted by Gasteiger charge is -2.41. The molecule has 0 aliphatic carbocycles. The van der Waals surface area contributed by atoms with E-state index in [1.165, 1.54) is 22.3 Å². The molecule has 2 atom stereocenters. The largest absolute Gasteiger partial charge is 0.487 e. The van der Waals surface area contributed by atoms with Crippen LogP contribution in [0.2, 0.25) is 0 Å². The van der Waals surface area contributed by atoms with Crippen LogP contribution in [0.4, 0.5) is 0 Å². The van der Waals surface area contributed by atoms with E-state index in [2.05, 4.69) is 62.3 Å². The van der Waals surface area contributed by atoms with Crippen LogP contribution in [-0.2, 0) is 6.54 Å². The molecule has 3 nitrogen and oxygen atoms in total. The second-order valence-electron chi connectivity index (χ2n) is 6.82. The summed E-state index contributed by atoms with van der Waals surface area (Å²) < 4.78 is 6.41. The molecule has 2 unspecified atom stereocenters. The monoisotopic (exact) mass is 310 g/mol. The van der Waals surface area contributed by atoms with Crippen molar-refractivity contribution in [1.29, 1.82) is 0 Å². The van der Waals surface area contributed by atoms with E-state index in [9.17, 15) is 0 Å². The Morgan fingerprint density at radius 2 is 1.96 bits per heavy atom. The van der Waals surface area contributed by atoms with Gasteiger partial charge in [-0.1, -0.05) is 19.1 Å². The Morgan fingerprint density at radius 3 is 2.65 bits per heavy atom. The van der Waals surface area contributed by atoms with Gasteiger partial charge < -0.3 is 10.1 Å². The highest BCUT2D eigenvalue weighted by Crippen LogP contribution is 2.43. The van der Waals surface area contributed by atoms with E-state index in [4.69, 9.17) is 4.74 Å². The van der Waals surface area contributed by atoms with Gasteiger partial charge in [-0.05, 0) is 56.0 Å². The molecule has 2 heterocycles. The summed E-state index contributed by atoms with van der Waals surface area (Å²) in [5.41, 5.74) is 4.99. The number of ether oxygens (including phenoxy) is 1. The smallest absolute Gasteiger partial charge is 0.128 e. The summed E-state index contributed by atoms with van der Waals surface area (Å²) in [6.07, 6.45) is 5.69. The van der Waals surface area contributed by atoms with Crippen molar-refractivity contribution in [2.24, 2.45) is 0 Å². The Kier molecular flexibility index (Phi) is 4.40. The van der Waals surface area contributed by atoms with Crippen molar-refractivity contribution in [3.05, 3.63) is 58.9 Å². The lowest BCUT2D eigenvalue weighted by atomic mass is 9.85. The predicted molar refractivity (Wildman–Crippen MR) is 93.7 cm³/mol. The minimum absolute atomic E-state index is 0.110. The number of pyridine rings is 1. The van der Waals surface area contributed by atoms with Crippen LogP contribution in [0.3, 0.4) is 0 Å². The number of benzene rings is 1. The minimum Gasteiger partial charge on any atom is -0.487 e. The van der Waals surface area contributed by atoms with Gasteiger partial charge in [0.1, 0.15) is 11.4 Å². The molecule has 1 aromatic heterocycles. The first-order valence-corrected chi connectivity index (χ1v) is 8.44. The molecule has 1 aliphatic heterocycles. The molecule has 0 bridgehead atoms. The Balaban J connectivity index is 1.89. The van der Waals surface area contributed by atoms with Gasteiger partial charge in [-0.15, -0.1) is 0 Å². The van der Waals surface area contributed by atoms with E-state index in [1.54, 1.807) is 0 Å². The molecule has 1 aromatic carbocycles. The van der Waals surface area contributed by atoms with Gasteiger partial charge in [0, 0.05) is 37.0 Å². The van der Waals surface area contributed by atoms with Crippen molar-refractivity contribution in [2.45, 2.75) is 58.7 Å². The fourth-order valence-corrected chi connectivity index (χ4v) is 3.19. The normalized spacial score (nSPS) is 23.2. The van der Waals surface area contributed by atoms with Crippen molar-refractivity contribution < 1.29 is 4.74 Å². The third-order valence-electron chi connectivity index (χ3n) is 5.12. The number of hydrogen-bond acceptors (Lipinski definition) is 3. The van der Waals surface area contributed by atoms with Crippen LogP contribution in [0.15, 0.2) is 36.7 Å². The van der Waals surface area contributed by atoms with Gasteiger partial charge in [-0.2, -0.15) is 0 Å². The Morgan fingerprint density at radius 1 is 1.22 bits per heavy atom. The number of hydrogen-bond donors (Lipinski definition) is 1. The maximum atomic E-state index is 6.41. The predicted octanol–water partition coefficient (Wildman–Crippen LogP) is 4.48. The minimum atomic E-state index is -0.110. The van der Waals surface area contributed by atoms with Crippen LogP contribution < -0.4 is 10.1 Å². The van der Waals surface area contributed by atoms with Crippen LogP contribution in [0, 0.1) is 13.8 Å². The second-order valence-corrected chi connectivity index (χ2v) is 6.82. The van der Waals surface area contributed by atoms with E-state index in [-0.39, 0.29) is 5.60 Å². The standard InChI is InChI=1S/C20H26N2O/c1-5-20(4)12-18(22-13-16-8-10-21-11-9-16)17-7-6-14(2)15(3)19(17)23-20/h6-11,18,22H,5,12-13H2,1-4H3. The Labute approximate surface area is 139 Å². The lowest BCUT2D eigenvalue weighted by molar-refractivity contribution is 0.0430. The molecule has 3 rings (SSSR count). The average Bonchev–Trinajstić information content (AvgIpc) is 2.57. The molecule has 1 N–H and O–H groups in total. The van der Waals surface area contributed by atoms with Crippen molar-refractivity contribution in [2.75, 3.05) is 0 Å². The van der Waals surface area contributed by atoms with E-state index in [1.807, 2.05) is 12.4 Å². The topological polar surface area (TPSA) is 34.2 Å². The summed E-state index contributed by atoms with van der Waals surface area (Å²) in [6, 6.07) is 8.86. The maximum absolute atomic E-state index is 6.41. The summed E-state index contributed by atoms with van der Waals surface area (Å²) >= 11 is 0. The first kappa shape index (κ1) is 16.0. The van der Waals surface area contributed by atoms with Crippen molar-refractivity contribution in [3.63, 3.8) is 0 Å². The highest BCUT2D eigenvalue weighted by Gasteiger charge is 2.36. The molecule has 0 spiro atoms. The summed E-state index contributed by atoms with van der Waals surface area (Å²) in [4.78, 5) is 4.09. The molecule has 0 fully saturated rings. The molecule has 0 amide bonds. The Bertz CT molecular complexity index is 684. The van der Waals surface area contributed by atoms with E-state index >= 15 is 0 Å². The molecule has 2 aromatic rings. The molecule has 0 saturated carbocycles. The summed E-state index contributed by atoms with van der Waals surface area (Å²) in [6.45, 7) is 9.58. The third-order valence-corrected chi connectivity index (χ3v) is 5.12. The number of aryl methyl sites for hydroxylation is 1. The summed E-state index contributed by atoms with van der Waals surface area (Å²) in [5, 5.41) is 3.72. The first-order chi connectivity index (χ1) is 11.0. The van der Waals surface area contributed by atoms with E-state index < -0.39 is 0 Å². The molecule has 23 heavy (non-hydrogen) atoms. The molecular weight excluding hydrogens is 284 g/mol. The SMILES string of the molecule is CCC1(C)CC(NCc2ccncc2)c2ccc(C)c(C)c2O1. The van der Waals surface area contributed by atoms with Crippen molar-refractivity contribution >= 4 is 0 Å². The fourth-order valence-electron chi connectivity index (χ4n) is 3.19. The zero-order chi connectivity index (χ0) is 16.4. The summed E-state index contributed by atoms with van der Waals surface area (Å²) in [7, 11) is 0. The van der Waals surface area contributed by atoms with Crippen LogP contribution in [0.25, 0.3) is 0 Å². The molecule has 0 radical (unpaired) electrons. The number of nitrogens with one attached hydrogen (secondary N) is 1. The zero-order valence-corrected chi connectivity index (χ0v) is 14.5. The molecular formula is C20H26N2O. The van der Waals surface area contributed by atoms with Gasteiger partial charge in [0.25, 0.3) is 0 Å². The fraction of sp³-hybridized carbons (Fsp3) is 0.450. The molecule has 0 saturated heterocycles. The number of nitrogens with zero attached hydrogens (tertiary/aromatic N) is 1. The van der Waals surface area contributed by atoms with Crippen LogP contribution in [-0.4, -0.2) is 10.6 Å². The van der Waals surface area contributed by atoms with Gasteiger partial charge in [0.2, 0.25) is 0 Å². The maximum Gasteiger partial charge on any atom is 0.128 e. The molecule has 122 valence electrons. The van der Waals surface area contributed by atoms with Crippen LogP contribution >= 0.6 is 0 Å². The van der Waals surface area contributed by atoms with Gasteiger partial charge in [0.05, 0.1) is 0 Å². The van der Waals surface area contributed by atoms with Crippen LogP contribution in [0.5, 0.6) is 5.75 Å². The van der Waals surface area contributed by atoms with Crippen molar-refractivity contribution in [1.82, 2.24) is 10.3 Å².